The molecule has 0 saturated heterocycles. The van der Waals surface area contributed by atoms with E-state index in [9.17, 15) is 4.79 Å². The van der Waals surface area contributed by atoms with E-state index in [2.05, 4.69) is 20.3 Å². The van der Waals surface area contributed by atoms with Gasteiger partial charge >= 0.3 is 0 Å². The van der Waals surface area contributed by atoms with Gasteiger partial charge in [-0.3, -0.25) is 4.79 Å². The Labute approximate surface area is 139 Å². The van der Waals surface area contributed by atoms with E-state index in [1.54, 1.807) is 24.5 Å². The molecule has 0 unspecified atom stereocenters. The Bertz CT molecular complexity index is 771. The molecule has 2 N–H and O–H groups in total. The van der Waals surface area contributed by atoms with Gasteiger partial charge < -0.3 is 15.0 Å². The van der Waals surface area contributed by atoms with Gasteiger partial charge in [-0.15, -0.1) is 0 Å². The fraction of sp³-hybridized carbons (Fsp3) is 0.167. The summed E-state index contributed by atoms with van der Waals surface area (Å²) >= 11 is 0. The lowest BCUT2D eigenvalue weighted by molar-refractivity contribution is 0.0935. The quantitative estimate of drug-likeness (QED) is 0.731. The molecule has 6 heteroatoms. The van der Waals surface area contributed by atoms with Crippen LogP contribution in [0.1, 0.15) is 27.8 Å². The van der Waals surface area contributed by atoms with Crippen LogP contribution < -0.4 is 10.1 Å². The normalized spacial score (nSPS) is 11.7. The highest BCUT2D eigenvalue weighted by molar-refractivity contribution is 5.94. The molecule has 0 radical (unpaired) electrons. The highest BCUT2D eigenvalue weighted by atomic mass is 16.5. The molecular formula is C18H18N4O2. The van der Waals surface area contributed by atoms with Crippen molar-refractivity contribution in [3.05, 3.63) is 78.0 Å². The van der Waals surface area contributed by atoms with Crippen LogP contribution in [-0.2, 0) is 6.42 Å². The predicted octanol–water partition coefficient (Wildman–Crippen LogP) is 2.53. The second-order valence-corrected chi connectivity index (χ2v) is 5.27. The van der Waals surface area contributed by atoms with Crippen LogP contribution in [-0.4, -0.2) is 28.0 Å². The number of aromatic nitrogens is 3. The van der Waals surface area contributed by atoms with Gasteiger partial charge in [-0.1, -0.05) is 30.3 Å². The highest BCUT2D eigenvalue weighted by Crippen LogP contribution is 2.18. The number of rotatable bonds is 6. The maximum absolute atomic E-state index is 12.5. The van der Waals surface area contributed by atoms with E-state index in [4.69, 9.17) is 4.74 Å². The molecule has 0 saturated carbocycles. The summed E-state index contributed by atoms with van der Waals surface area (Å²) in [5, 5.41) is 3.05. The molecular weight excluding hydrogens is 304 g/mol. The molecule has 2 heterocycles. The summed E-state index contributed by atoms with van der Waals surface area (Å²) in [6.45, 7) is 0. The topological polar surface area (TPSA) is 79.9 Å². The summed E-state index contributed by atoms with van der Waals surface area (Å²) in [4.78, 5) is 23.9. The summed E-state index contributed by atoms with van der Waals surface area (Å²) < 4.78 is 5.01. The van der Waals surface area contributed by atoms with Crippen molar-refractivity contribution in [3.63, 3.8) is 0 Å². The number of nitrogens with zero attached hydrogens (tertiary/aromatic N) is 2. The number of aromatic amines is 1. The number of nitrogens with one attached hydrogen (secondary N) is 2. The molecule has 0 aliphatic rings. The average molecular weight is 322 g/mol. The van der Waals surface area contributed by atoms with Gasteiger partial charge in [-0.2, -0.15) is 0 Å². The Morgan fingerprint density at radius 1 is 1.21 bits per heavy atom. The summed E-state index contributed by atoms with van der Waals surface area (Å²) in [6.07, 6.45) is 5.55. The zero-order chi connectivity index (χ0) is 16.8. The molecule has 3 rings (SSSR count). The van der Waals surface area contributed by atoms with Crippen molar-refractivity contribution in [2.24, 2.45) is 0 Å². The Hall–Kier alpha value is -3.15. The number of carbonyl (C=O) groups is 1. The van der Waals surface area contributed by atoms with Crippen molar-refractivity contribution in [1.82, 2.24) is 20.3 Å². The zero-order valence-corrected chi connectivity index (χ0v) is 13.3. The Morgan fingerprint density at radius 2 is 2.04 bits per heavy atom. The fourth-order valence-electron chi connectivity index (χ4n) is 2.42. The number of hydrogen-bond acceptors (Lipinski definition) is 4. The van der Waals surface area contributed by atoms with Crippen LogP contribution >= 0.6 is 0 Å². The standard InChI is InChI=1S/C18H18N4O2/c1-24-17-8-7-14(12-21-17)18(23)22-15(11-16-19-9-10-20-16)13-5-3-2-4-6-13/h2-10,12,15H,11H2,1H3,(H,19,20)(H,22,23)/t15-/m0/s1. The van der Waals surface area contributed by atoms with Crippen LogP contribution in [0.5, 0.6) is 5.88 Å². The molecule has 0 fully saturated rings. The van der Waals surface area contributed by atoms with Crippen LogP contribution in [0.15, 0.2) is 61.1 Å². The number of amides is 1. The average Bonchev–Trinajstić information content (AvgIpc) is 3.15. The molecule has 1 aromatic carbocycles. The molecule has 122 valence electrons. The van der Waals surface area contributed by atoms with E-state index < -0.39 is 0 Å². The molecule has 0 bridgehead atoms. The third-order valence-electron chi connectivity index (χ3n) is 3.67. The summed E-state index contributed by atoms with van der Waals surface area (Å²) in [5.74, 6) is 1.10. The molecule has 1 amide bonds. The minimum atomic E-state index is -0.189. The minimum absolute atomic E-state index is 0.188. The van der Waals surface area contributed by atoms with Crippen LogP contribution in [0, 0.1) is 0 Å². The van der Waals surface area contributed by atoms with E-state index in [1.807, 2.05) is 30.3 Å². The molecule has 0 aliphatic carbocycles. The second kappa shape index (κ2) is 7.41. The van der Waals surface area contributed by atoms with Gasteiger partial charge in [-0.05, 0) is 11.6 Å². The molecule has 2 aromatic heterocycles. The number of carbonyl (C=O) groups excluding carboxylic acids is 1. The van der Waals surface area contributed by atoms with Crippen molar-refractivity contribution in [1.29, 1.82) is 0 Å². The molecule has 0 aliphatic heterocycles. The number of ether oxygens (including phenoxy) is 1. The lowest BCUT2D eigenvalue weighted by atomic mass is 10.0. The predicted molar refractivity (Wildman–Crippen MR) is 89.7 cm³/mol. The lowest BCUT2D eigenvalue weighted by Crippen LogP contribution is -2.30. The van der Waals surface area contributed by atoms with Gasteiger partial charge in [0.05, 0.1) is 18.7 Å². The maximum Gasteiger partial charge on any atom is 0.253 e. The van der Waals surface area contributed by atoms with Gasteiger partial charge in [0.25, 0.3) is 5.91 Å². The second-order valence-electron chi connectivity index (χ2n) is 5.27. The maximum atomic E-state index is 12.5. The third-order valence-corrected chi connectivity index (χ3v) is 3.67. The highest BCUT2D eigenvalue weighted by Gasteiger charge is 2.17. The number of benzene rings is 1. The summed E-state index contributed by atoms with van der Waals surface area (Å²) in [5.41, 5.74) is 1.50. The number of methoxy groups -OCH3 is 1. The molecule has 24 heavy (non-hydrogen) atoms. The van der Waals surface area contributed by atoms with Crippen molar-refractivity contribution in [2.45, 2.75) is 12.5 Å². The fourth-order valence-corrected chi connectivity index (χ4v) is 2.42. The Kier molecular flexibility index (Phi) is 4.86. The zero-order valence-electron chi connectivity index (χ0n) is 13.3. The van der Waals surface area contributed by atoms with Crippen LogP contribution in [0.4, 0.5) is 0 Å². The molecule has 6 nitrogen and oxygen atoms in total. The molecule has 3 aromatic rings. The SMILES string of the molecule is COc1ccc(C(=O)N[C@@H](Cc2ncc[nH]2)c2ccccc2)cn1. The van der Waals surface area contributed by atoms with Crippen molar-refractivity contribution >= 4 is 5.91 Å². The number of H-pyrrole nitrogens is 1. The van der Waals surface area contributed by atoms with Crippen LogP contribution in [0.3, 0.4) is 0 Å². The van der Waals surface area contributed by atoms with E-state index >= 15 is 0 Å². The first-order chi connectivity index (χ1) is 11.8. The Morgan fingerprint density at radius 3 is 2.67 bits per heavy atom. The van der Waals surface area contributed by atoms with Gasteiger partial charge in [0.15, 0.2) is 0 Å². The minimum Gasteiger partial charge on any atom is -0.481 e. The van der Waals surface area contributed by atoms with Gasteiger partial charge in [0.1, 0.15) is 5.82 Å². The van der Waals surface area contributed by atoms with Crippen molar-refractivity contribution in [2.75, 3.05) is 7.11 Å². The van der Waals surface area contributed by atoms with Crippen molar-refractivity contribution < 1.29 is 9.53 Å². The number of pyridine rings is 1. The number of hydrogen-bond donors (Lipinski definition) is 2. The van der Waals surface area contributed by atoms with Crippen molar-refractivity contribution in [3.8, 4) is 5.88 Å². The third kappa shape index (κ3) is 3.78. The summed E-state index contributed by atoms with van der Waals surface area (Å²) in [6, 6.07) is 13.0. The van der Waals surface area contributed by atoms with Gasteiger partial charge in [0, 0.05) is 31.1 Å². The first kappa shape index (κ1) is 15.7. The monoisotopic (exact) mass is 322 g/mol. The molecule has 0 spiro atoms. The number of imidazole rings is 1. The molecule has 1 atom stereocenters. The van der Waals surface area contributed by atoms with E-state index in [0.717, 1.165) is 11.4 Å². The van der Waals surface area contributed by atoms with Crippen LogP contribution in [0.25, 0.3) is 0 Å². The Balaban J connectivity index is 1.78. The first-order valence-electron chi connectivity index (χ1n) is 7.60. The van der Waals surface area contributed by atoms with Gasteiger partial charge in [-0.25, -0.2) is 9.97 Å². The van der Waals surface area contributed by atoms with E-state index in [0.29, 0.717) is 17.9 Å². The smallest absolute Gasteiger partial charge is 0.253 e. The first-order valence-corrected chi connectivity index (χ1v) is 7.60. The van der Waals surface area contributed by atoms with E-state index in [-0.39, 0.29) is 11.9 Å². The lowest BCUT2D eigenvalue weighted by Gasteiger charge is -2.18. The van der Waals surface area contributed by atoms with E-state index in [1.165, 1.54) is 13.3 Å². The summed E-state index contributed by atoms with van der Waals surface area (Å²) in [7, 11) is 1.54. The largest absolute Gasteiger partial charge is 0.481 e. The van der Waals surface area contributed by atoms with Crippen LogP contribution in [0.2, 0.25) is 0 Å². The van der Waals surface area contributed by atoms with Gasteiger partial charge in [0.2, 0.25) is 5.88 Å².